The van der Waals surface area contributed by atoms with Crippen molar-refractivity contribution in [2.24, 2.45) is 0 Å². The Morgan fingerprint density at radius 2 is 1.57 bits per heavy atom. The summed E-state index contributed by atoms with van der Waals surface area (Å²) in [5, 5.41) is 51.3. The van der Waals surface area contributed by atoms with Gasteiger partial charge in [0.05, 0.1) is 0 Å². The molecule has 28 heavy (non-hydrogen) atoms. The highest BCUT2D eigenvalue weighted by Gasteiger charge is 2.62. The van der Waals surface area contributed by atoms with Gasteiger partial charge in [0.2, 0.25) is 0 Å². The van der Waals surface area contributed by atoms with E-state index in [4.69, 9.17) is 8.94 Å². The first-order valence-electron chi connectivity index (χ1n) is 8.10. The molecule has 1 fully saturated rings. The maximum Gasteiger partial charge on any atom is 0.470 e. The van der Waals surface area contributed by atoms with Gasteiger partial charge in [0.25, 0.3) is 0 Å². The van der Waals surface area contributed by atoms with Crippen molar-refractivity contribution in [2.45, 2.75) is 43.0 Å². The second-order valence-electron chi connectivity index (χ2n) is 6.70. The number of hydrogen-bond acceptors (Lipinski definition) is 9. The van der Waals surface area contributed by atoms with Gasteiger partial charge in [-0.25, -0.2) is 9.36 Å². The molecule has 0 spiro atoms. The van der Waals surface area contributed by atoms with Crippen LogP contribution in [0.1, 0.15) is 11.1 Å². The van der Waals surface area contributed by atoms with E-state index in [2.05, 4.69) is 0 Å². The van der Waals surface area contributed by atoms with Crippen molar-refractivity contribution in [1.29, 1.82) is 0 Å². The van der Waals surface area contributed by atoms with Gasteiger partial charge in [-0.1, -0.05) is 12.1 Å². The van der Waals surface area contributed by atoms with E-state index in [1.54, 1.807) is 6.92 Å². The highest BCUT2D eigenvalue weighted by Crippen LogP contribution is 2.52. The zero-order chi connectivity index (χ0) is 21.0. The summed E-state index contributed by atoms with van der Waals surface area (Å²) in [5.41, 5.74) is -3.28. The van der Waals surface area contributed by atoms with Crippen LogP contribution in [-0.4, -0.2) is 65.8 Å². The summed E-state index contributed by atoms with van der Waals surface area (Å²) in [6, 6.07) is 4.91. The second kappa shape index (κ2) is 6.99. The molecule has 0 aliphatic heterocycles. The highest BCUT2D eigenvalue weighted by molar-refractivity contribution is 7.46. The highest BCUT2D eigenvalue weighted by atomic mass is 31.2. The Balaban J connectivity index is 2.30. The Bertz CT molecular complexity index is 980. The van der Waals surface area contributed by atoms with Gasteiger partial charge in [-0.15, -0.1) is 0 Å². The number of fused-ring (bicyclic) bond motifs is 1. The lowest BCUT2D eigenvalue weighted by molar-refractivity contribution is -0.267. The van der Waals surface area contributed by atoms with E-state index in [1.807, 2.05) is 0 Å². The molecule has 1 heterocycles. The number of aryl methyl sites for hydroxylation is 1. The summed E-state index contributed by atoms with van der Waals surface area (Å²) in [7, 11) is -5.41. The first-order valence-corrected chi connectivity index (χ1v) is 9.63. The largest absolute Gasteiger partial charge is 0.470 e. The number of aliphatic hydroxyl groups excluding tert-OH is 5. The SMILES string of the molecule is Cc1cc(=O)oc2cc([C@@]3(OP(=O)(O)O)[C@@H](O)[C@H](O)[C@@H](O)[C@H](O)[C@@H]3O)ccc12. The molecule has 1 aliphatic rings. The van der Waals surface area contributed by atoms with Crippen LogP contribution < -0.4 is 5.63 Å². The van der Waals surface area contributed by atoms with Gasteiger partial charge in [-0.3, -0.25) is 4.52 Å². The number of rotatable bonds is 3. The molecule has 0 bridgehead atoms. The number of aliphatic hydroxyl groups is 5. The minimum Gasteiger partial charge on any atom is -0.423 e. The lowest BCUT2D eigenvalue weighted by Crippen LogP contribution is -2.69. The van der Waals surface area contributed by atoms with Crippen molar-refractivity contribution >= 4 is 18.8 Å². The maximum atomic E-state index is 11.6. The molecule has 1 aromatic heterocycles. The first-order chi connectivity index (χ1) is 12.9. The predicted octanol–water partition coefficient (Wildman–Crippen LogP) is -1.78. The van der Waals surface area contributed by atoms with Gasteiger partial charge in [0.1, 0.15) is 36.1 Å². The second-order valence-corrected chi connectivity index (χ2v) is 7.86. The average Bonchev–Trinajstić information content (AvgIpc) is 2.60. The minimum atomic E-state index is -5.41. The van der Waals surface area contributed by atoms with Crippen LogP contribution in [0.5, 0.6) is 0 Å². The number of benzene rings is 1. The monoisotopic (exact) mass is 418 g/mol. The van der Waals surface area contributed by atoms with Crippen molar-refractivity contribution in [2.75, 3.05) is 0 Å². The van der Waals surface area contributed by atoms with Crippen LogP contribution >= 0.6 is 7.82 Å². The summed E-state index contributed by atoms with van der Waals surface area (Å²) in [5.74, 6) is 0. The molecular weight excluding hydrogens is 399 g/mol. The molecule has 1 aromatic carbocycles. The molecule has 3 rings (SSSR count). The third-order valence-electron chi connectivity index (χ3n) is 4.90. The summed E-state index contributed by atoms with van der Waals surface area (Å²) >= 11 is 0. The van der Waals surface area contributed by atoms with E-state index in [0.717, 1.165) is 6.07 Å². The van der Waals surface area contributed by atoms with Gasteiger partial charge < -0.3 is 39.7 Å². The molecule has 6 atom stereocenters. The Kier molecular flexibility index (Phi) is 5.26. The van der Waals surface area contributed by atoms with E-state index in [-0.39, 0.29) is 11.1 Å². The van der Waals surface area contributed by atoms with Crippen molar-refractivity contribution in [1.82, 2.24) is 0 Å². The molecule has 0 radical (unpaired) electrons. The quantitative estimate of drug-likeness (QED) is 0.220. The molecule has 1 saturated carbocycles. The summed E-state index contributed by atoms with van der Waals surface area (Å²) in [6.07, 6.45) is -10.8. The fourth-order valence-corrected chi connectivity index (χ4v) is 4.24. The molecule has 11 nitrogen and oxygen atoms in total. The molecular formula is C16H19O11P. The number of hydrogen-bond donors (Lipinski definition) is 7. The molecule has 0 amide bonds. The van der Waals surface area contributed by atoms with Gasteiger partial charge in [-0.2, -0.15) is 0 Å². The third kappa shape index (κ3) is 3.30. The van der Waals surface area contributed by atoms with Gasteiger partial charge in [0.15, 0.2) is 5.60 Å². The minimum absolute atomic E-state index is 0.0503. The van der Waals surface area contributed by atoms with Gasteiger partial charge >= 0.3 is 13.4 Å². The average molecular weight is 418 g/mol. The molecule has 2 aromatic rings. The Morgan fingerprint density at radius 3 is 2.11 bits per heavy atom. The Labute approximate surface area is 157 Å². The fourth-order valence-electron chi connectivity index (χ4n) is 3.52. The van der Waals surface area contributed by atoms with E-state index in [1.165, 1.54) is 18.2 Å². The van der Waals surface area contributed by atoms with Crippen molar-refractivity contribution in [3.05, 3.63) is 45.8 Å². The molecule has 0 saturated heterocycles. The number of phosphoric acid groups is 1. The zero-order valence-corrected chi connectivity index (χ0v) is 15.3. The fraction of sp³-hybridized carbons (Fsp3) is 0.438. The zero-order valence-electron chi connectivity index (χ0n) is 14.4. The lowest BCUT2D eigenvalue weighted by Gasteiger charge is -2.50. The van der Waals surface area contributed by atoms with E-state index in [0.29, 0.717) is 10.9 Å². The summed E-state index contributed by atoms with van der Waals surface area (Å²) in [6.45, 7) is 1.62. The molecule has 1 aliphatic carbocycles. The van der Waals surface area contributed by atoms with Crippen LogP contribution in [0, 0.1) is 6.92 Å². The van der Waals surface area contributed by atoms with E-state index in [9.17, 15) is 44.7 Å². The molecule has 7 N–H and O–H groups in total. The first kappa shape index (κ1) is 21.1. The Morgan fingerprint density at radius 1 is 1.00 bits per heavy atom. The maximum absolute atomic E-state index is 11.6. The van der Waals surface area contributed by atoms with Crippen LogP contribution in [0.4, 0.5) is 0 Å². The van der Waals surface area contributed by atoms with Crippen molar-refractivity contribution < 1.29 is 48.8 Å². The smallest absolute Gasteiger partial charge is 0.423 e. The van der Waals surface area contributed by atoms with Crippen LogP contribution in [0.3, 0.4) is 0 Å². The van der Waals surface area contributed by atoms with Crippen molar-refractivity contribution in [3.8, 4) is 0 Å². The van der Waals surface area contributed by atoms with Gasteiger partial charge in [0, 0.05) is 11.5 Å². The number of phosphoric ester groups is 1. The van der Waals surface area contributed by atoms with Crippen LogP contribution in [0.2, 0.25) is 0 Å². The molecule has 154 valence electrons. The van der Waals surface area contributed by atoms with E-state index < -0.39 is 49.6 Å². The normalized spacial score (nSPS) is 33.9. The topological polar surface area (TPSA) is 198 Å². The Hall–Kier alpha value is -1.66. The van der Waals surface area contributed by atoms with E-state index >= 15 is 0 Å². The lowest BCUT2D eigenvalue weighted by atomic mass is 9.71. The van der Waals surface area contributed by atoms with Crippen molar-refractivity contribution in [3.63, 3.8) is 0 Å². The van der Waals surface area contributed by atoms with Crippen LogP contribution in [-0.2, 0) is 14.7 Å². The van der Waals surface area contributed by atoms with Crippen LogP contribution in [0.25, 0.3) is 11.0 Å². The molecule has 0 unspecified atom stereocenters. The third-order valence-corrected chi connectivity index (χ3v) is 5.44. The summed E-state index contributed by atoms with van der Waals surface area (Å²) in [4.78, 5) is 30.3. The van der Waals surface area contributed by atoms with Crippen LogP contribution in [0.15, 0.2) is 33.5 Å². The standard InChI is InChI=1S/C16H19O11P/c1-6-4-10(17)26-9-5-7(2-3-8(6)9)16(27-28(23,24)25)14(21)12(19)11(18)13(20)15(16)22/h2-5,11-15,18-22H,1H3,(H2,23,24,25)/t11-,12-,13+,14-,15-,16-/m0/s1. The summed E-state index contributed by atoms with van der Waals surface area (Å²) < 4.78 is 21.3. The molecule has 12 heteroatoms. The predicted molar refractivity (Wildman–Crippen MR) is 92.1 cm³/mol. The van der Waals surface area contributed by atoms with Gasteiger partial charge in [-0.05, 0) is 24.1 Å².